The number of benzene rings is 1. The van der Waals surface area contributed by atoms with Gasteiger partial charge in [0.15, 0.2) is 0 Å². The van der Waals surface area contributed by atoms with Gasteiger partial charge in [0.2, 0.25) is 0 Å². The van der Waals surface area contributed by atoms with Crippen molar-refractivity contribution in [2.24, 2.45) is 5.92 Å². The highest BCUT2D eigenvalue weighted by Gasteiger charge is 2.13. The van der Waals surface area contributed by atoms with Crippen molar-refractivity contribution >= 4 is 0 Å². The molecule has 0 aromatic heterocycles. The molecule has 0 aliphatic heterocycles. The molecular formula is C13H16O2. The highest BCUT2D eigenvalue weighted by Crippen LogP contribution is 2.23. The molecule has 0 aliphatic carbocycles. The average Bonchev–Trinajstić information content (AvgIpc) is 2.28. The normalized spacial score (nSPS) is 13.6. The van der Waals surface area contributed by atoms with Gasteiger partial charge >= 0.3 is 0 Å². The van der Waals surface area contributed by atoms with E-state index in [2.05, 4.69) is 11.8 Å². The largest absolute Gasteiger partial charge is 0.497 e. The number of rotatable bonds is 3. The minimum atomic E-state index is -0.539. The molecule has 0 amide bonds. The summed E-state index contributed by atoms with van der Waals surface area (Å²) >= 11 is 0. The van der Waals surface area contributed by atoms with Crippen molar-refractivity contribution in [2.75, 3.05) is 7.11 Å². The summed E-state index contributed by atoms with van der Waals surface area (Å²) in [6.45, 7) is 3.68. The fourth-order valence-corrected chi connectivity index (χ4v) is 1.40. The predicted octanol–water partition coefficient (Wildman–Crippen LogP) is 2.39. The highest BCUT2D eigenvalue weighted by atomic mass is 16.5. The van der Waals surface area contributed by atoms with E-state index in [4.69, 9.17) is 4.74 Å². The first-order chi connectivity index (χ1) is 7.19. The van der Waals surface area contributed by atoms with Crippen molar-refractivity contribution in [3.63, 3.8) is 0 Å². The van der Waals surface area contributed by atoms with E-state index in [1.54, 1.807) is 14.0 Å². The molecule has 0 aliphatic rings. The van der Waals surface area contributed by atoms with Crippen LogP contribution >= 0.6 is 0 Å². The molecule has 2 heteroatoms. The molecule has 1 N–H and O–H groups in total. The van der Waals surface area contributed by atoms with Crippen LogP contribution in [0.5, 0.6) is 5.75 Å². The maximum absolute atomic E-state index is 9.94. The SMILES string of the molecule is CC#C[C@@H](C)[C@@H](O)c1ccc(OC)cc1. The number of hydrogen-bond donors (Lipinski definition) is 1. The zero-order chi connectivity index (χ0) is 11.3. The molecule has 0 bridgehead atoms. The van der Waals surface area contributed by atoms with Crippen LogP contribution in [-0.2, 0) is 0 Å². The van der Waals surface area contributed by atoms with Gasteiger partial charge in [0.05, 0.1) is 13.2 Å². The fraction of sp³-hybridized carbons (Fsp3) is 0.385. The van der Waals surface area contributed by atoms with Gasteiger partial charge in [-0.1, -0.05) is 18.1 Å². The quantitative estimate of drug-likeness (QED) is 0.766. The Hall–Kier alpha value is -1.46. The molecule has 0 radical (unpaired) electrons. The molecule has 0 heterocycles. The standard InChI is InChI=1S/C13H16O2/c1-4-5-10(2)13(14)11-6-8-12(15-3)9-7-11/h6-10,13-14H,1-3H3/t10-,13-/m1/s1. The molecule has 0 fully saturated rings. The Balaban J connectivity index is 2.80. The number of ether oxygens (including phenoxy) is 1. The van der Waals surface area contributed by atoms with Crippen LogP contribution in [0.3, 0.4) is 0 Å². The molecule has 1 aromatic carbocycles. The summed E-state index contributed by atoms with van der Waals surface area (Å²) in [5.41, 5.74) is 0.867. The van der Waals surface area contributed by atoms with E-state index >= 15 is 0 Å². The van der Waals surface area contributed by atoms with Crippen molar-refractivity contribution in [3.05, 3.63) is 29.8 Å². The van der Waals surface area contributed by atoms with Crippen molar-refractivity contribution in [1.82, 2.24) is 0 Å². The molecule has 1 aromatic rings. The Kier molecular flexibility index (Phi) is 4.20. The second-order valence-corrected chi connectivity index (χ2v) is 3.40. The van der Waals surface area contributed by atoms with Crippen LogP contribution in [0.25, 0.3) is 0 Å². The Bertz CT molecular complexity index is 356. The van der Waals surface area contributed by atoms with Gasteiger partial charge in [-0.3, -0.25) is 0 Å². The summed E-state index contributed by atoms with van der Waals surface area (Å²) in [7, 11) is 1.62. The minimum absolute atomic E-state index is 0.0524. The third-order valence-electron chi connectivity index (χ3n) is 2.30. The number of methoxy groups -OCH3 is 1. The first-order valence-corrected chi connectivity index (χ1v) is 4.93. The van der Waals surface area contributed by atoms with Crippen LogP contribution in [0.1, 0.15) is 25.5 Å². The van der Waals surface area contributed by atoms with Crippen LogP contribution in [0, 0.1) is 17.8 Å². The van der Waals surface area contributed by atoms with Gasteiger partial charge < -0.3 is 9.84 Å². The van der Waals surface area contributed by atoms with Gasteiger partial charge in [0.1, 0.15) is 5.75 Å². The molecule has 0 saturated carbocycles. The lowest BCUT2D eigenvalue weighted by Crippen LogP contribution is -2.06. The molecule has 2 nitrogen and oxygen atoms in total. The van der Waals surface area contributed by atoms with Gasteiger partial charge in [0.25, 0.3) is 0 Å². The van der Waals surface area contributed by atoms with Crippen molar-refractivity contribution in [3.8, 4) is 17.6 Å². The maximum Gasteiger partial charge on any atom is 0.118 e. The van der Waals surface area contributed by atoms with Gasteiger partial charge in [-0.25, -0.2) is 0 Å². The summed E-state index contributed by atoms with van der Waals surface area (Å²) in [6, 6.07) is 7.39. The Morgan fingerprint density at radius 1 is 1.27 bits per heavy atom. The van der Waals surface area contributed by atoms with E-state index in [0.29, 0.717) is 0 Å². The predicted molar refractivity (Wildman–Crippen MR) is 60.6 cm³/mol. The van der Waals surface area contributed by atoms with Crippen molar-refractivity contribution in [1.29, 1.82) is 0 Å². The lowest BCUT2D eigenvalue weighted by Gasteiger charge is -2.14. The zero-order valence-corrected chi connectivity index (χ0v) is 9.32. The first-order valence-electron chi connectivity index (χ1n) is 4.93. The van der Waals surface area contributed by atoms with Gasteiger partial charge in [-0.05, 0) is 31.5 Å². The van der Waals surface area contributed by atoms with Crippen molar-refractivity contribution < 1.29 is 9.84 Å². The fourth-order valence-electron chi connectivity index (χ4n) is 1.40. The zero-order valence-electron chi connectivity index (χ0n) is 9.32. The van der Waals surface area contributed by atoms with Gasteiger partial charge in [0, 0.05) is 5.92 Å². The first kappa shape index (κ1) is 11.6. The maximum atomic E-state index is 9.94. The molecule has 1 rings (SSSR count). The minimum Gasteiger partial charge on any atom is -0.497 e. The van der Waals surface area contributed by atoms with Crippen LogP contribution in [0.15, 0.2) is 24.3 Å². The van der Waals surface area contributed by atoms with Gasteiger partial charge in [-0.15, -0.1) is 5.92 Å². The lowest BCUT2D eigenvalue weighted by atomic mass is 9.98. The second-order valence-electron chi connectivity index (χ2n) is 3.40. The topological polar surface area (TPSA) is 29.5 Å². The van der Waals surface area contributed by atoms with E-state index < -0.39 is 6.10 Å². The lowest BCUT2D eigenvalue weighted by molar-refractivity contribution is 0.143. The van der Waals surface area contributed by atoms with Crippen LogP contribution < -0.4 is 4.74 Å². The smallest absolute Gasteiger partial charge is 0.118 e. The Morgan fingerprint density at radius 3 is 2.33 bits per heavy atom. The van der Waals surface area contributed by atoms with E-state index in [1.807, 2.05) is 31.2 Å². The second kappa shape index (κ2) is 5.43. The van der Waals surface area contributed by atoms with Crippen LogP contribution in [-0.4, -0.2) is 12.2 Å². The van der Waals surface area contributed by atoms with E-state index in [0.717, 1.165) is 11.3 Å². The number of hydrogen-bond acceptors (Lipinski definition) is 2. The molecule has 0 unspecified atom stereocenters. The molecule has 0 spiro atoms. The average molecular weight is 204 g/mol. The Morgan fingerprint density at radius 2 is 1.87 bits per heavy atom. The molecule has 2 atom stereocenters. The van der Waals surface area contributed by atoms with Gasteiger partial charge in [-0.2, -0.15) is 0 Å². The summed E-state index contributed by atoms with van der Waals surface area (Å²) in [6.07, 6.45) is -0.539. The summed E-state index contributed by atoms with van der Waals surface area (Å²) < 4.78 is 5.05. The molecular weight excluding hydrogens is 188 g/mol. The summed E-state index contributed by atoms with van der Waals surface area (Å²) in [4.78, 5) is 0. The monoisotopic (exact) mass is 204 g/mol. The van der Waals surface area contributed by atoms with Crippen molar-refractivity contribution in [2.45, 2.75) is 20.0 Å². The molecule has 15 heavy (non-hydrogen) atoms. The van der Waals surface area contributed by atoms with E-state index in [-0.39, 0.29) is 5.92 Å². The van der Waals surface area contributed by atoms with E-state index in [1.165, 1.54) is 0 Å². The van der Waals surface area contributed by atoms with E-state index in [9.17, 15) is 5.11 Å². The third-order valence-corrected chi connectivity index (χ3v) is 2.30. The van der Waals surface area contributed by atoms with Crippen LogP contribution in [0.2, 0.25) is 0 Å². The summed E-state index contributed by atoms with van der Waals surface area (Å²) in [5.74, 6) is 6.49. The van der Waals surface area contributed by atoms with Crippen LogP contribution in [0.4, 0.5) is 0 Å². The highest BCUT2D eigenvalue weighted by molar-refractivity contribution is 5.29. The molecule has 80 valence electrons. The Labute approximate surface area is 90.9 Å². The number of aliphatic hydroxyl groups is 1. The summed E-state index contributed by atoms with van der Waals surface area (Å²) in [5, 5.41) is 9.94. The third kappa shape index (κ3) is 3.00. The number of aliphatic hydroxyl groups excluding tert-OH is 1. The molecule has 0 saturated heterocycles.